The molecule has 0 amide bonds. The first-order chi connectivity index (χ1) is 3.62. The molecule has 0 spiro atoms. The van der Waals surface area contributed by atoms with Gasteiger partial charge < -0.3 is 4.74 Å². The SMILES string of the molecule is COCC(C)(C)C[O]. The summed E-state index contributed by atoms with van der Waals surface area (Å²) in [5.74, 6) is 0. The Bertz CT molecular complexity index is 59.5. The average Bonchev–Trinajstić information content (AvgIpc) is 1.67. The van der Waals surface area contributed by atoms with Gasteiger partial charge in [0.1, 0.15) is 0 Å². The molecule has 0 N–H and O–H groups in total. The van der Waals surface area contributed by atoms with Gasteiger partial charge in [0.15, 0.2) is 0 Å². The van der Waals surface area contributed by atoms with Gasteiger partial charge in [-0.15, -0.1) is 0 Å². The highest BCUT2D eigenvalue weighted by atomic mass is 16.5. The van der Waals surface area contributed by atoms with Gasteiger partial charge in [-0.25, -0.2) is 5.11 Å². The van der Waals surface area contributed by atoms with Crippen LogP contribution in [0.25, 0.3) is 0 Å². The minimum Gasteiger partial charge on any atom is -0.384 e. The van der Waals surface area contributed by atoms with Gasteiger partial charge in [-0.3, -0.25) is 0 Å². The lowest BCUT2D eigenvalue weighted by molar-refractivity contribution is 0.0259. The summed E-state index contributed by atoms with van der Waals surface area (Å²) in [5, 5.41) is 10.3. The highest BCUT2D eigenvalue weighted by Gasteiger charge is 2.15. The molecule has 0 saturated heterocycles. The summed E-state index contributed by atoms with van der Waals surface area (Å²) in [6.45, 7) is 4.27. The van der Waals surface area contributed by atoms with Crippen LogP contribution in [-0.2, 0) is 9.84 Å². The highest BCUT2D eigenvalue weighted by Crippen LogP contribution is 2.12. The molecule has 0 aromatic carbocycles. The lowest BCUT2D eigenvalue weighted by Crippen LogP contribution is -2.21. The van der Waals surface area contributed by atoms with Crippen molar-refractivity contribution in [1.29, 1.82) is 0 Å². The first-order valence-corrected chi connectivity index (χ1v) is 2.69. The zero-order chi connectivity index (χ0) is 6.62. The molecule has 0 aromatic heterocycles. The molecule has 0 unspecified atom stereocenters. The number of ether oxygens (including phenoxy) is 1. The smallest absolute Gasteiger partial charge is 0.0895 e. The molecule has 0 aliphatic heterocycles. The molecule has 0 aliphatic carbocycles. The Morgan fingerprint density at radius 3 is 2.12 bits per heavy atom. The molecule has 0 rings (SSSR count). The van der Waals surface area contributed by atoms with E-state index in [2.05, 4.69) is 0 Å². The van der Waals surface area contributed by atoms with Crippen molar-refractivity contribution < 1.29 is 9.84 Å². The third kappa shape index (κ3) is 2.99. The van der Waals surface area contributed by atoms with Gasteiger partial charge in [0, 0.05) is 12.5 Å². The minimum absolute atomic E-state index is 0.0686. The van der Waals surface area contributed by atoms with Crippen LogP contribution >= 0.6 is 0 Å². The number of rotatable bonds is 3. The predicted molar refractivity (Wildman–Crippen MR) is 31.2 cm³/mol. The van der Waals surface area contributed by atoms with Crippen molar-refractivity contribution in [3.63, 3.8) is 0 Å². The van der Waals surface area contributed by atoms with E-state index in [1.165, 1.54) is 0 Å². The molecule has 2 heteroatoms. The van der Waals surface area contributed by atoms with Crippen molar-refractivity contribution in [1.82, 2.24) is 0 Å². The van der Waals surface area contributed by atoms with Gasteiger partial charge in [0.05, 0.1) is 13.2 Å². The fourth-order valence-electron chi connectivity index (χ4n) is 0.432. The monoisotopic (exact) mass is 117 g/mol. The standard InChI is InChI=1S/C6H13O2/c1-6(2,4-7)5-8-3/h4-5H2,1-3H3. The van der Waals surface area contributed by atoms with E-state index in [9.17, 15) is 5.11 Å². The van der Waals surface area contributed by atoms with Crippen LogP contribution in [0.3, 0.4) is 0 Å². The molecule has 1 radical (unpaired) electrons. The first kappa shape index (κ1) is 7.92. The van der Waals surface area contributed by atoms with E-state index in [-0.39, 0.29) is 12.0 Å². The molecule has 49 valence electrons. The van der Waals surface area contributed by atoms with Crippen molar-refractivity contribution in [3.05, 3.63) is 0 Å². The van der Waals surface area contributed by atoms with E-state index in [0.717, 1.165) is 0 Å². The summed E-state index contributed by atoms with van der Waals surface area (Å²) in [5.41, 5.74) is -0.186. The van der Waals surface area contributed by atoms with Crippen molar-refractivity contribution in [2.45, 2.75) is 13.8 Å². The predicted octanol–water partition coefficient (Wildman–Crippen LogP) is 1.09. The van der Waals surface area contributed by atoms with E-state index in [0.29, 0.717) is 6.61 Å². The Kier molecular flexibility index (Phi) is 3.02. The lowest BCUT2D eigenvalue weighted by Gasteiger charge is -2.17. The Morgan fingerprint density at radius 1 is 1.50 bits per heavy atom. The number of hydrogen-bond donors (Lipinski definition) is 0. The highest BCUT2D eigenvalue weighted by molar-refractivity contribution is 4.64. The van der Waals surface area contributed by atoms with Gasteiger partial charge in [0.25, 0.3) is 0 Å². The summed E-state index contributed by atoms with van der Waals surface area (Å²) in [7, 11) is 1.61. The van der Waals surface area contributed by atoms with Crippen molar-refractivity contribution >= 4 is 0 Å². The zero-order valence-electron chi connectivity index (χ0n) is 5.73. The Morgan fingerprint density at radius 2 is 2.00 bits per heavy atom. The van der Waals surface area contributed by atoms with Crippen LogP contribution in [-0.4, -0.2) is 20.3 Å². The summed E-state index contributed by atoms with van der Waals surface area (Å²) >= 11 is 0. The molecule has 0 saturated carbocycles. The molecule has 8 heavy (non-hydrogen) atoms. The molecule has 0 fully saturated rings. The largest absolute Gasteiger partial charge is 0.384 e. The van der Waals surface area contributed by atoms with Crippen LogP contribution in [0.1, 0.15) is 13.8 Å². The maximum absolute atomic E-state index is 10.3. The lowest BCUT2D eigenvalue weighted by atomic mass is 9.97. The number of hydrogen-bond acceptors (Lipinski definition) is 1. The molecular formula is C6H13O2. The molecule has 0 aliphatic rings. The quantitative estimate of drug-likeness (QED) is 0.544. The topological polar surface area (TPSA) is 29.1 Å². The second-order valence-corrected chi connectivity index (χ2v) is 2.74. The normalized spacial score (nSPS) is 12.0. The van der Waals surface area contributed by atoms with E-state index in [4.69, 9.17) is 4.74 Å². The average molecular weight is 117 g/mol. The molecule has 0 atom stereocenters. The minimum atomic E-state index is -0.186. The van der Waals surface area contributed by atoms with Gasteiger partial charge in [-0.1, -0.05) is 13.8 Å². The van der Waals surface area contributed by atoms with Crippen LogP contribution in [0.2, 0.25) is 0 Å². The summed E-state index contributed by atoms with van der Waals surface area (Å²) in [6, 6.07) is 0. The van der Waals surface area contributed by atoms with Gasteiger partial charge in [0.2, 0.25) is 0 Å². The second-order valence-electron chi connectivity index (χ2n) is 2.74. The van der Waals surface area contributed by atoms with Gasteiger partial charge >= 0.3 is 0 Å². The third-order valence-electron chi connectivity index (χ3n) is 0.926. The maximum atomic E-state index is 10.3. The van der Waals surface area contributed by atoms with Crippen LogP contribution in [0.5, 0.6) is 0 Å². The van der Waals surface area contributed by atoms with Crippen LogP contribution in [0.15, 0.2) is 0 Å². The molecule has 0 bridgehead atoms. The Balaban J connectivity index is 3.37. The fraction of sp³-hybridized carbons (Fsp3) is 1.00. The molecule has 0 heterocycles. The fourth-order valence-corrected chi connectivity index (χ4v) is 0.432. The summed E-state index contributed by atoms with van der Waals surface area (Å²) in [4.78, 5) is 0. The van der Waals surface area contributed by atoms with Crippen LogP contribution in [0.4, 0.5) is 0 Å². The van der Waals surface area contributed by atoms with E-state index in [1.807, 2.05) is 13.8 Å². The molecule has 0 aromatic rings. The zero-order valence-corrected chi connectivity index (χ0v) is 5.73. The first-order valence-electron chi connectivity index (χ1n) is 2.69. The van der Waals surface area contributed by atoms with Gasteiger partial charge in [-0.2, -0.15) is 0 Å². The number of methoxy groups -OCH3 is 1. The third-order valence-corrected chi connectivity index (χ3v) is 0.926. The van der Waals surface area contributed by atoms with E-state index >= 15 is 0 Å². The van der Waals surface area contributed by atoms with E-state index < -0.39 is 0 Å². The van der Waals surface area contributed by atoms with Crippen LogP contribution in [0, 0.1) is 5.41 Å². The second kappa shape index (κ2) is 3.05. The van der Waals surface area contributed by atoms with E-state index in [1.54, 1.807) is 7.11 Å². The molecular weight excluding hydrogens is 104 g/mol. The van der Waals surface area contributed by atoms with Crippen molar-refractivity contribution in [3.8, 4) is 0 Å². The summed E-state index contributed by atoms with van der Waals surface area (Å²) in [6.07, 6.45) is 0. The van der Waals surface area contributed by atoms with Gasteiger partial charge in [-0.05, 0) is 0 Å². The molecule has 2 nitrogen and oxygen atoms in total. The maximum Gasteiger partial charge on any atom is 0.0895 e. The Labute approximate surface area is 50.5 Å². The summed E-state index contributed by atoms with van der Waals surface area (Å²) < 4.78 is 4.80. The van der Waals surface area contributed by atoms with Crippen LogP contribution < -0.4 is 0 Å². The Hall–Kier alpha value is -0.0800. The van der Waals surface area contributed by atoms with Crippen molar-refractivity contribution in [2.75, 3.05) is 20.3 Å². The van der Waals surface area contributed by atoms with Crippen molar-refractivity contribution in [2.24, 2.45) is 5.41 Å².